The number of carbonyl (C=O) groups is 1. The van der Waals surface area contributed by atoms with Crippen LogP contribution in [0.4, 0.5) is 5.69 Å². The van der Waals surface area contributed by atoms with Gasteiger partial charge in [-0.15, -0.1) is 0 Å². The summed E-state index contributed by atoms with van der Waals surface area (Å²) < 4.78 is 5.72. The molecule has 2 rings (SSSR count). The molecule has 0 aliphatic carbocycles. The zero-order valence-electron chi connectivity index (χ0n) is 8.79. The standard InChI is InChI=1S/C11H12BrNO3/c1-2-16-10(14)11(15)6-7-3-4-8(12)5-9(7)13-11/h3-5,13,15H,2,6H2,1H3. The van der Waals surface area contributed by atoms with Crippen molar-refractivity contribution in [1.82, 2.24) is 0 Å². The van der Waals surface area contributed by atoms with E-state index >= 15 is 0 Å². The molecule has 0 saturated heterocycles. The number of carbonyl (C=O) groups excluding carboxylic acids is 1. The van der Waals surface area contributed by atoms with Crippen molar-refractivity contribution >= 4 is 27.6 Å². The largest absolute Gasteiger partial charge is 0.462 e. The third-order valence-electron chi connectivity index (χ3n) is 2.47. The number of rotatable bonds is 2. The Labute approximate surface area is 102 Å². The Bertz CT molecular complexity index is 435. The van der Waals surface area contributed by atoms with Crippen LogP contribution in [0.15, 0.2) is 22.7 Å². The minimum atomic E-state index is -1.63. The van der Waals surface area contributed by atoms with Gasteiger partial charge < -0.3 is 15.2 Å². The minimum Gasteiger partial charge on any atom is -0.462 e. The smallest absolute Gasteiger partial charge is 0.359 e. The highest BCUT2D eigenvalue weighted by Gasteiger charge is 2.43. The number of benzene rings is 1. The molecule has 1 aromatic carbocycles. The van der Waals surface area contributed by atoms with Crippen LogP contribution in [0.1, 0.15) is 12.5 Å². The van der Waals surface area contributed by atoms with Gasteiger partial charge in [0.1, 0.15) is 0 Å². The maximum absolute atomic E-state index is 11.6. The van der Waals surface area contributed by atoms with Crippen LogP contribution in [-0.2, 0) is 16.0 Å². The highest BCUT2D eigenvalue weighted by Crippen LogP contribution is 2.33. The lowest BCUT2D eigenvalue weighted by molar-refractivity contribution is -0.161. The molecule has 1 aliphatic rings. The Morgan fingerprint density at radius 3 is 3.12 bits per heavy atom. The summed E-state index contributed by atoms with van der Waals surface area (Å²) in [6, 6.07) is 5.56. The SMILES string of the molecule is CCOC(=O)C1(O)Cc2ccc(Br)cc2N1. The first-order chi connectivity index (χ1) is 7.55. The Morgan fingerprint density at radius 1 is 1.69 bits per heavy atom. The Morgan fingerprint density at radius 2 is 2.44 bits per heavy atom. The molecule has 1 heterocycles. The molecule has 0 spiro atoms. The van der Waals surface area contributed by atoms with Crippen LogP contribution >= 0.6 is 15.9 Å². The molecule has 1 unspecified atom stereocenters. The average molecular weight is 286 g/mol. The second-order valence-corrected chi connectivity index (χ2v) is 4.60. The van der Waals surface area contributed by atoms with E-state index in [0.717, 1.165) is 15.7 Å². The van der Waals surface area contributed by atoms with Gasteiger partial charge in [0.05, 0.1) is 6.61 Å². The van der Waals surface area contributed by atoms with Crippen molar-refractivity contribution in [3.63, 3.8) is 0 Å². The van der Waals surface area contributed by atoms with Gasteiger partial charge in [0, 0.05) is 16.6 Å². The molecular formula is C11H12BrNO3. The maximum atomic E-state index is 11.6. The van der Waals surface area contributed by atoms with E-state index in [1.165, 1.54) is 0 Å². The summed E-state index contributed by atoms with van der Waals surface area (Å²) in [7, 11) is 0. The lowest BCUT2D eigenvalue weighted by Gasteiger charge is -2.20. The summed E-state index contributed by atoms with van der Waals surface area (Å²) in [6.07, 6.45) is 0.231. The van der Waals surface area contributed by atoms with E-state index in [4.69, 9.17) is 4.74 Å². The van der Waals surface area contributed by atoms with E-state index < -0.39 is 11.7 Å². The lowest BCUT2D eigenvalue weighted by Crippen LogP contribution is -2.46. The molecule has 0 fully saturated rings. The van der Waals surface area contributed by atoms with Crippen molar-refractivity contribution in [2.24, 2.45) is 0 Å². The molecular weight excluding hydrogens is 274 g/mol. The summed E-state index contributed by atoms with van der Waals surface area (Å²) in [5, 5.41) is 12.9. The normalized spacial score (nSPS) is 22.4. The van der Waals surface area contributed by atoms with Crippen molar-refractivity contribution in [3.05, 3.63) is 28.2 Å². The molecule has 86 valence electrons. The fourth-order valence-electron chi connectivity index (χ4n) is 1.74. The fraction of sp³-hybridized carbons (Fsp3) is 0.364. The quantitative estimate of drug-likeness (QED) is 0.812. The number of hydrogen-bond donors (Lipinski definition) is 2. The van der Waals surface area contributed by atoms with Crippen LogP contribution in [0.25, 0.3) is 0 Å². The molecule has 0 radical (unpaired) electrons. The lowest BCUT2D eigenvalue weighted by atomic mass is 10.1. The number of hydrogen-bond acceptors (Lipinski definition) is 4. The Balaban J connectivity index is 2.24. The van der Waals surface area contributed by atoms with Crippen molar-refractivity contribution in [3.8, 4) is 0 Å². The number of fused-ring (bicyclic) bond motifs is 1. The minimum absolute atomic E-state index is 0.231. The van der Waals surface area contributed by atoms with Crippen LogP contribution in [-0.4, -0.2) is 23.4 Å². The van der Waals surface area contributed by atoms with Gasteiger partial charge in [-0.25, -0.2) is 4.79 Å². The molecule has 2 N–H and O–H groups in total. The molecule has 1 aromatic rings. The van der Waals surface area contributed by atoms with Crippen molar-refractivity contribution in [2.75, 3.05) is 11.9 Å². The highest BCUT2D eigenvalue weighted by molar-refractivity contribution is 9.10. The first-order valence-electron chi connectivity index (χ1n) is 5.01. The van der Waals surface area contributed by atoms with Gasteiger partial charge in [0.15, 0.2) is 0 Å². The van der Waals surface area contributed by atoms with E-state index in [1.54, 1.807) is 6.92 Å². The van der Waals surface area contributed by atoms with E-state index in [9.17, 15) is 9.90 Å². The monoisotopic (exact) mass is 285 g/mol. The van der Waals surface area contributed by atoms with Gasteiger partial charge in [-0.1, -0.05) is 22.0 Å². The highest BCUT2D eigenvalue weighted by atomic mass is 79.9. The van der Waals surface area contributed by atoms with Gasteiger partial charge in [-0.05, 0) is 24.6 Å². The molecule has 1 atom stereocenters. The van der Waals surface area contributed by atoms with E-state index in [-0.39, 0.29) is 13.0 Å². The van der Waals surface area contributed by atoms with Gasteiger partial charge in [0.2, 0.25) is 5.72 Å². The number of esters is 1. The van der Waals surface area contributed by atoms with Crippen LogP contribution in [0.2, 0.25) is 0 Å². The zero-order chi connectivity index (χ0) is 11.8. The number of nitrogens with one attached hydrogen (secondary N) is 1. The predicted octanol–water partition coefficient (Wildman–Crippen LogP) is 1.67. The third-order valence-corrected chi connectivity index (χ3v) is 2.97. The molecule has 5 heteroatoms. The van der Waals surface area contributed by atoms with E-state index in [1.807, 2.05) is 18.2 Å². The Hall–Kier alpha value is -1.07. The molecule has 0 saturated carbocycles. The first-order valence-corrected chi connectivity index (χ1v) is 5.80. The van der Waals surface area contributed by atoms with E-state index in [2.05, 4.69) is 21.2 Å². The predicted molar refractivity (Wildman–Crippen MR) is 63.1 cm³/mol. The molecule has 0 bridgehead atoms. The van der Waals surface area contributed by atoms with Crippen molar-refractivity contribution < 1.29 is 14.6 Å². The van der Waals surface area contributed by atoms with Crippen LogP contribution in [0.5, 0.6) is 0 Å². The zero-order valence-corrected chi connectivity index (χ0v) is 10.4. The van der Waals surface area contributed by atoms with Gasteiger partial charge >= 0.3 is 5.97 Å². The van der Waals surface area contributed by atoms with Crippen molar-refractivity contribution in [2.45, 2.75) is 19.1 Å². The Kier molecular flexibility index (Phi) is 2.90. The second kappa shape index (κ2) is 4.07. The van der Waals surface area contributed by atoms with Crippen LogP contribution in [0.3, 0.4) is 0 Å². The second-order valence-electron chi connectivity index (χ2n) is 3.68. The molecule has 16 heavy (non-hydrogen) atoms. The molecule has 4 nitrogen and oxygen atoms in total. The van der Waals surface area contributed by atoms with Crippen LogP contribution < -0.4 is 5.32 Å². The van der Waals surface area contributed by atoms with E-state index in [0.29, 0.717) is 0 Å². The van der Waals surface area contributed by atoms with Gasteiger partial charge in [0.25, 0.3) is 0 Å². The van der Waals surface area contributed by atoms with Crippen molar-refractivity contribution in [1.29, 1.82) is 0 Å². The summed E-state index contributed by atoms with van der Waals surface area (Å²) in [5.74, 6) is -0.637. The van der Waals surface area contributed by atoms with Crippen LogP contribution in [0, 0.1) is 0 Å². The summed E-state index contributed by atoms with van der Waals surface area (Å²) >= 11 is 3.33. The number of aliphatic hydroxyl groups is 1. The fourth-order valence-corrected chi connectivity index (χ4v) is 2.10. The van der Waals surface area contributed by atoms with Gasteiger partial charge in [-0.3, -0.25) is 0 Å². The van der Waals surface area contributed by atoms with Gasteiger partial charge in [-0.2, -0.15) is 0 Å². The maximum Gasteiger partial charge on any atom is 0.359 e. The molecule has 0 aromatic heterocycles. The third kappa shape index (κ3) is 1.92. The summed E-state index contributed by atoms with van der Waals surface area (Å²) in [4.78, 5) is 11.6. The number of ether oxygens (including phenoxy) is 1. The number of anilines is 1. The average Bonchev–Trinajstić information content (AvgIpc) is 2.55. The summed E-state index contributed by atoms with van der Waals surface area (Å²) in [5.41, 5.74) is 0.0303. The summed E-state index contributed by atoms with van der Waals surface area (Å²) in [6.45, 7) is 1.96. The molecule has 1 aliphatic heterocycles. The topological polar surface area (TPSA) is 58.6 Å². The number of halogens is 1. The molecule has 0 amide bonds. The first kappa shape index (κ1) is 11.4.